The van der Waals surface area contributed by atoms with Crippen LogP contribution in [0.1, 0.15) is 38.2 Å². The van der Waals surface area contributed by atoms with Crippen molar-refractivity contribution >= 4 is 5.82 Å². The summed E-state index contributed by atoms with van der Waals surface area (Å²) >= 11 is 0. The van der Waals surface area contributed by atoms with Crippen molar-refractivity contribution in [2.24, 2.45) is 0 Å². The van der Waals surface area contributed by atoms with E-state index in [0.29, 0.717) is 0 Å². The summed E-state index contributed by atoms with van der Waals surface area (Å²) in [6.07, 6.45) is 5.98. The largest absolute Gasteiger partial charge is 0.393 e. The van der Waals surface area contributed by atoms with Gasteiger partial charge in [-0.15, -0.1) is 0 Å². The summed E-state index contributed by atoms with van der Waals surface area (Å²) in [7, 11) is 0. The minimum absolute atomic E-state index is 0.127. The van der Waals surface area contributed by atoms with Gasteiger partial charge in [-0.2, -0.15) is 0 Å². The third-order valence-corrected chi connectivity index (χ3v) is 3.63. The van der Waals surface area contributed by atoms with Gasteiger partial charge in [-0.1, -0.05) is 19.4 Å². The van der Waals surface area contributed by atoms with Crippen LogP contribution in [-0.4, -0.2) is 35.8 Å². The number of hydrogen-bond acceptors (Lipinski definition) is 4. The van der Waals surface area contributed by atoms with E-state index in [2.05, 4.69) is 34.3 Å². The average molecular weight is 263 g/mol. The number of unbranched alkanes of at least 4 members (excludes halogenated alkanes) is 1. The molecule has 0 spiro atoms. The molecule has 0 aromatic carbocycles. The predicted octanol–water partition coefficient (Wildman–Crippen LogP) is 1.93. The number of nitrogens with zero attached hydrogens (tertiary/aromatic N) is 2. The van der Waals surface area contributed by atoms with Crippen molar-refractivity contribution in [3.63, 3.8) is 0 Å². The van der Waals surface area contributed by atoms with Crippen molar-refractivity contribution in [2.45, 2.75) is 45.3 Å². The number of aromatic nitrogens is 1. The Morgan fingerprint density at radius 2 is 2.16 bits per heavy atom. The van der Waals surface area contributed by atoms with Crippen molar-refractivity contribution in [3.05, 3.63) is 23.9 Å². The highest BCUT2D eigenvalue weighted by atomic mass is 16.3. The zero-order valence-electron chi connectivity index (χ0n) is 11.8. The first kappa shape index (κ1) is 14.3. The van der Waals surface area contributed by atoms with Gasteiger partial charge in [0.1, 0.15) is 5.82 Å². The van der Waals surface area contributed by atoms with Crippen LogP contribution in [0.15, 0.2) is 18.3 Å². The summed E-state index contributed by atoms with van der Waals surface area (Å²) in [5.41, 5.74) is 1.23. The summed E-state index contributed by atoms with van der Waals surface area (Å²) in [6.45, 7) is 5.98. The molecule has 1 aromatic rings. The molecule has 1 aromatic heterocycles. The van der Waals surface area contributed by atoms with Crippen LogP contribution in [0.3, 0.4) is 0 Å². The molecule has 0 bridgehead atoms. The van der Waals surface area contributed by atoms with Crippen molar-refractivity contribution in [3.8, 4) is 0 Å². The number of rotatable bonds is 6. The fourth-order valence-corrected chi connectivity index (χ4v) is 2.34. The predicted molar refractivity (Wildman–Crippen MR) is 78.3 cm³/mol. The average Bonchev–Trinajstić information content (AvgIpc) is 2.45. The Bertz CT molecular complexity index is 358. The lowest BCUT2D eigenvalue weighted by atomic mass is 10.1. The third-order valence-electron chi connectivity index (χ3n) is 3.63. The highest BCUT2D eigenvalue weighted by Gasteiger charge is 2.17. The highest BCUT2D eigenvalue weighted by Crippen LogP contribution is 2.17. The molecule has 1 aliphatic heterocycles. The van der Waals surface area contributed by atoms with E-state index in [1.165, 1.54) is 18.4 Å². The molecule has 0 saturated carbocycles. The summed E-state index contributed by atoms with van der Waals surface area (Å²) in [5, 5.41) is 12.9. The molecule has 106 valence electrons. The normalized spacial score (nSPS) is 16.8. The van der Waals surface area contributed by atoms with Crippen LogP contribution in [0, 0.1) is 0 Å². The number of pyridine rings is 1. The number of aliphatic hydroxyl groups is 1. The number of anilines is 1. The van der Waals surface area contributed by atoms with Gasteiger partial charge in [-0.05, 0) is 37.4 Å². The van der Waals surface area contributed by atoms with Crippen molar-refractivity contribution < 1.29 is 5.11 Å². The molecule has 2 heterocycles. The van der Waals surface area contributed by atoms with Crippen molar-refractivity contribution in [1.29, 1.82) is 0 Å². The van der Waals surface area contributed by atoms with E-state index in [9.17, 15) is 5.11 Å². The third kappa shape index (κ3) is 4.48. The molecule has 0 radical (unpaired) electrons. The van der Waals surface area contributed by atoms with Crippen LogP contribution in [0.4, 0.5) is 5.82 Å². The van der Waals surface area contributed by atoms with E-state index in [0.717, 1.165) is 44.8 Å². The van der Waals surface area contributed by atoms with Crippen LogP contribution in [0.5, 0.6) is 0 Å². The molecular weight excluding hydrogens is 238 g/mol. The summed E-state index contributed by atoms with van der Waals surface area (Å²) in [4.78, 5) is 6.78. The first-order valence-corrected chi connectivity index (χ1v) is 7.38. The standard InChI is InChI=1S/C15H25N3O/c1-2-3-8-16-11-13-4-5-15(17-12-13)18-9-6-14(19)7-10-18/h4-5,12,14,16,19H,2-3,6-11H2,1H3. The summed E-state index contributed by atoms with van der Waals surface area (Å²) in [5.74, 6) is 1.03. The Morgan fingerprint density at radius 3 is 2.79 bits per heavy atom. The molecule has 19 heavy (non-hydrogen) atoms. The molecule has 0 atom stereocenters. The van der Waals surface area contributed by atoms with E-state index in [1.807, 2.05) is 6.20 Å². The molecular formula is C15H25N3O. The lowest BCUT2D eigenvalue weighted by Gasteiger charge is -2.30. The second-order valence-corrected chi connectivity index (χ2v) is 5.27. The second-order valence-electron chi connectivity index (χ2n) is 5.27. The van der Waals surface area contributed by atoms with E-state index in [1.54, 1.807) is 0 Å². The van der Waals surface area contributed by atoms with Gasteiger partial charge in [0.15, 0.2) is 0 Å². The van der Waals surface area contributed by atoms with Crippen molar-refractivity contribution in [1.82, 2.24) is 10.3 Å². The maximum Gasteiger partial charge on any atom is 0.128 e. The van der Waals surface area contributed by atoms with Gasteiger partial charge in [0.25, 0.3) is 0 Å². The molecule has 4 nitrogen and oxygen atoms in total. The van der Waals surface area contributed by atoms with Gasteiger partial charge in [-0.25, -0.2) is 4.98 Å². The Morgan fingerprint density at radius 1 is 1.37 bits per heavy atom. The molecule has 1 aliphatic rings. The summed E-state index contributed by atoms with van der Waals surface area (Å²) < 4.78 is 0. The molecule has 0 unspecified atom stereocenters. The highest BCUT2D eigenvalue weighted by molar-refractivity contribution is 5.39. The molecule has 0 aliphatic carbocycles. The van der Waals surface area contributed by atoms with Gasteiger partial charge in [0.2, 0.25) is 0 Å². The minimum atomic E-state index is -0.127. The lowest BCUT2D eigenvalue weighted by molar-refractivity contribution is 0.145. The van der Waals surface area contributed by atoms with E-state index >= 15 is 0 Å². The van der Waals surface area contributed by atoms with Crippen LogP contribution < -0.4 is 10.2 Å². The quantitative estimate of drug-likeness (QED) is 0.770. The van der Waals surface area contributed by atoms with E-state index in [4.69, 9.17) is 0 Å². The summed E-state index contributed by atoms with van der Waals surface area (Å²) in [6, 6.07) is 4.24. The second kappa shape index (κ2) is 7.46. The lowest BCUT2D eigenvalue weighted by Crippen LogP contribution is -2.36. The van der Waals surface area contributed by atoms with E-state index < -0.39 is 0 Å². The van der Waals surface area contributed by atoms with Gasteiger partial charge in [-0.3, -0.25) is 0 Å². The molecule has 2 N–H and O–H groups in total. The first-order valence-electron chi connectivity index (χ1n) is 7.38. The SMILES string of the molecule is CCCCNCc1ccc(N2CCC(O)CC2)nc1. The van der Waals surface area contributed by atoms with Crippen LogP contribution in [0.25, 0.3) is 0 Å². The maximum absolute atomic E-state index is 9.50. The zero-order chi connectivity index (χ0) is 13.5. The maximum atomic E-state index is 9.50. The van der Waals surface area contributed by atoms with Gasteiger partial charge in [0, 0.05) is 25.8 Å². The van der Waals surface area contributed by atoms with Gasteiger partial charge in [0.05, 0.1) is 6.10 Å². The fourth-order valence-electron chi connectivity index (χ4n) is 2.34. The van der Waals surface area contributed by atoms with Crippen LogP contribution in [-0.2, 0) is 6.54 Å². The Balaban J connectivity index is 1.81. The number of aliphatic hydroxyl groups excluding tert-OH is 1. The monoisotopic (exact) mass is 263 g/mol. The number of nitrogens with one attached hydrogen (secondary N) is 1. The number of hydrogen-bond donors (Lipinski definition) is 2. The first-order chi connectivity index (χ1) is 9.29. The Labute approximate surface area is 115 Å². The fraction of sp³-hybridized carbons (Fsp3) is 0.667. The molecule has 1 saturated heterocycles. The minimum Gasteiger partial charge on any atom is -0.393 e. The van der Waals surface area contributed by atoms with Gasteiger partial charge >= 0.3 is 0 Å². The molecule has 1 fully saturated rings. The Kier molecular flexibility index (Phi) is 5.61. The van der Waals surface area contributed by atoms with Crippen LogP contribution in [0.2, 0.25) is 0 Å². The Hall–Kier alpha value is -1.13. The van der Waals surface area contributed by atoms with Crippen LogP contribution >= 0.6 is 0 Å². The smallest absolute Gasteiger partial charge is 0.128 e. The zero-order valence-corrected chi connectivity index (χ0v) is 11.8. The van der Waals surface area contributed by atoms with Gasteiger partial charge < -0.3 is 15.3 Å². The molecule has 4 heteroatoms. The van der Waals surface area contributed by atoms with E-state index in [-0.39, 0.29) is 6.10 Å². The molecule has 0 amide bonds. The topological polar surface area (TPSA) is 48.4 Å². The number of piperidine rings is 1. The van der Waals surface area contributed by atoms with Crippen molar-refractivity contribution in [2.75, 3.05) is 24.5 Å². The molecule has 2 rings (SSSR count).